The Bertz CT molecular complexity index is 348. The largest absolute Gasteiger partial charge is 0.480 e. The molecular formula is C15H28N2O3. The van der Waals surface area contributed by atoms with E-state index in [9.17, 15) is 9.90 Å². The summed E-state index contributed by atoms with van der Waals surface area (Å²) >= 11 is 0. The minimum Gasteiger partial charge on any atom is -0.480 e. The highest BCUT2D eigenvalue weighted by Gasteiger charge is 2.47. The number of ether oxygens (including phenoxy) is 1. The van der Waals surface area contributed by atoms with Gasteiger partial charge in [-0.2, -0.15) is 0 Å². The summed E-state index contributed by atoms with van der Waals surface area (Å²) in [6.07, 6.45) is 4.96. The predicted molar refractivity (Wildman–Crippen MR) is 77.9 cm³/mol. The van der Waals surface area contributed by atoms with Crippen LogP contribution in [-0.4, -0.2) is 59.9 Å². The van der Waals surface area contributed by atoms with Crippen molar-refractivity contribution in [3.05, 3.63) is 0 Å². The minimum absolute atomic E-state index is 0.193. The standard InChI is InChI=1S/C15H28N2O3/c1-11(2)16-15(14(18)19)7-6-12(9-15)17-8-4-5-13(10-17)20-3/h11-13,16H,4-10H2,1-3H3,(H,18,19). The van der Waals surface area contributed by atoms with E-state index in [0.29, 0.717) is 18.6 Å². The van der Waals surface area contributed by atoms with Crippen LogP contribution in [0.3, 0.4) is 0 Å². The Kier molecular flexibility index (Phi) is 5.04. The molecule has 20 heavy (non-hydrogen) atoms. The number of carbonyl (C=O) groups is 1. The zero-order chi connectivity index (χ0) is 14.8. The van der Waals surface area contributed by atoms with Gasteiger partial charge in [-0.15, -0.1) is 0 Å². The Hall–Kier alpha value is -0.650. The lowest BCUT2D eigenvalue weighted by atomic mass is 9.95. The molecule has 0 radical (unpaired) electrons. The summed E-state index contributed by atoms with van der Waals surface area (Å²) in [5, 5.41) is 12.9. The fourth-order valence-corrected chi connectivity index (χ4v) is 3.76. The van der Waals surface area contributed by atoms with Crippen LogP contribution in [-0.2, 0) is 9.53 Å². The Balaban J connectivity index is 2.00. The Morgan fingerprint density at radius 1 is 1.45 bits per heavy atom. The summed E-state index contributed by atoms with van der Waals surface area (Å²) in [6.45, 7) is 6.04. The van der Waals surface area contributed by atoms with Crippen LogP contribution in [0.25, 0.3) is 0 Å². The van der Waals surface area contributed by atoms with Crippen molar-refractivity contribution in [2.24, 2.45) is 0 Å². The Morgan fingerprint density at radius 2 is 2.20 bits per heavy atom. The van der Waals surface area contributed by atoms with E-state index >= 15 is 0 Å². The molecule has 0 spiro atoms. The van der Waals surface area contributed by atoms with Crippen molar-refractivity contribution in [3.63, 3.8) is 0 Å². The van der Waals surface area contributed by atoms with E-state index in [0.717, 1.165) is 38.8 Å². The van der Waals surface area contributed by atoms with Crippen molar-refractivity contribution in [2.45, 2.75) is 69.7 Å². The molecule has 116 valence electrons. The third kappa shape index (κ3) is 3.32. The van der Waals surface area contributed by atoms with Gasteiger partial charge in [-0.25, -0.2) is 0 Å². The van der Waals surface area contributed by atoms with E-state index in [2.05, 4.69) is 10.2 Å². The lowest BCUT2D eigenvalue weighted by Crippen LogP contribution is -2.54. The van der Waals surface area contributed by atoms with E-state index in [1.807, 2.05) is 13.8 Å². The Labute approximate surface area is 121 Å². The lowest BCUT2D eigenvalue weighted by molar-refractivity contribution is -0.145. The number of hydrogen-bond acceptors (Lipinski definition) is 4. The van der Waals surface area contributed by atoms with Gasteiger partial charge in [0.2, 0.25) is 0 Å². The fraction of sp³-hybridized carbons (Fsp3) is 0.933. The van der Waals surface area contributed by atoms with Crippen molar-refractivity contribution < 1.29 is 14.6 Å². The third-order valence-electron chi connectivity index (χ3n) is 4.72. The van der Waals surface area contributed by atoms with Gasteiger partial charge in [0, 0.05) is 25.7 Å². The molecule has 1 aliphatic carbocycles. The highest BCUT2D eigenvalue weighted by Crippen LogP contribution is 2.35. The number of carboxylic acid groups (broad SMARTS) is 1. The number of nitrogens with zero attached hydrogens (tertiary/aromatic N) is 1. The first-order valence-electron chi connectivity index (χ1n) is 7.75. The second kappa shape index (κ2) is 6.41. The molecule has 1 heterocycles. The molecule has 1 saturated carbocycles. The maximum Gasteiger partial charge on any atom is 0.323 e. The molecule has 0 amide bonds. The molecule has 0 bridgehead atoms. The molecule has 3 atom stereocenters. The average molecular weight is 284 g/mol. The minimum atomic E-state index is -0.737. The lowest BCUT2D eigenvalue weighted by Gasteiger charge is -2.37. The molecule has 2 aliphatic rings. The number of carboxylic acids is 1. The van der Waals surface area contributed by atoms with E-state index in [1.165, 1.54) is 0 Å². The van der Waals surface area contributed by atoms with Gasteiger partial charge in [0.05, 0.1) is 6.10 Å². The van der Waals surface area contributed by atoms with Gasteiger partial charge in [0.1, 0.15) is 5.54 Å². The normalized spacial score (nSPS) is 35.6. The first-order chi connectivity index (χ1) is 9.47. The maximum absolute atomic E-state index is 11.7. The molecular weight excluding hydrogens is 256 g/mol. The van der Waals surface area contributed by atoms with Crippen LogP contribution in [0.4, 0.5) is 0 Å². The topological polar surface area (TPSA) is 61.8 Å². The van der Waals surface area contributed by atoms with Gasteiger partial charge in [0.15, 0.2) is 0 Å². The fourth-order valence-electron chi connectivity index (χ4n) is 3.76. The van der Waals surface area contributed by atoms with Crippen LogP contribution in [0.15, 0.2) is 0 Å². The van der Waals surface area contributed by atoms with Crippen LogP contribution >= 0.6 is 0 Å². The number of rotatable bonds is 5. The molecule has 2 fully saturated rings. The zero-order valence-electron chi connectivity index (χ0n) is 12.9. The number of hydrogen-bond donors (Lipinski definition) is 2. The summed E-state index contributed by atoms with van der Waals surface area (Å²) in [7, 11) is 1.77. The number of piperidine rings is 1. The zero-order valence-corrected chi connectivity index (χ0v) is 12.9. The predicted octanol–water partition coefficient (Wildman–Crippen LogP) is 1.47. The van der Waals surface area contributed by atoms with Crippen molar-refractivity contribution in [3.8, 4) is 0 Å². The molecule has 2 N–H and O–H groups in total. The maximum atomic E-state index is 11.7. The molecule has 5 nitrogen and oxygen atoms in total. The van der Waals surface area contributed by atoms with Crippen LogP contribution < -0.4 is 5.32 Å². The van der Waals surface area contributed by atoms with Crippen molar-refractivity contribution in [1.29, 1.82) is 0 Å². The first-order valence-corrected chi connectivity index (χ1v) is 7.75. The number of aliphatic carboxylic acids is 1. The number of methoxy groups -OCH3 is 1. The molecule has 1 aliphatic heterocycles. The summed E-state index contributed by atoms with van der Waals surface area (Å²) in [6, 6.07) is 0.563. The summed E-state index contributed by atoms with van der Waals surface area (Å²) in [5.41, 5.74) is -0.737. The molecule has 5 heteroatoms. The second-order valence-corrected chi connectivity index (χ2v) is 6.58. The van der Waals surface area contributed by atoms with E-state index in [4.69, 9.17) is 4.74 Å². The smallest absolute Gasteiger partial charge is 0.323 e. The van der Waals surface area contributed by atoms with Crippen LogP contribution in [0.1, 0.15) is 46.0 Å². The SMILES string of the molecule is COC1CCCN(C2CCC(NC(C)C)(C(=O)O)C2)C1. The van der Waals surface area contributed by atoms with Crippen LogP contribution in [0.2, 0.25) is 0 Å². The summed E-state index contributed by atoms with van der Waals surface area (Å²) in [5.74, 6) is -0.700. The monoisotopic (exact) mass is 284 g/mol. The molecule has 0 aromatic carbocycles. The van der Waals surface area contributed by atoms with Gasteiger partial charge < -0.3 is 9.84 Å². The van der Waals surface area contributed by atoms with Gasteiger partial charge in [-0.1, -0.05) is 0 Å². The van der Waals surface area contributed by atoms with Crippen molar-refractivity contribution in [1.82, 2.24) is 10.2 Å². The van der Waals surface area contributed by atoms with Crippen LogP contribution in [0.5, 0.6) is 0 Å². The molecule has 0 aromatic heterocycles. The highest BCUT2D eigenvalue weighted by atomic mass is 16.5. The molecule has 0 aromatic rings. The number of nitrogens with one attached hydrogen (secondary N) is 1. The van der Waals surface area contributed by atoms with E-state index < -0.39 is 11.5 Å². The molecule has 1 saturated heterocycles. The van der Waals surface area contributed by atoms with Crippen LogP contribution in [0, 0.1) is 0 Å². The second-order valence-electron chi connectivity index (χ2n) is 6.58. The molecule has 2 rings (SSSR count). The van der Waals surface area contributed by atoms with Crippen molar-refractivity contribution >= 4 is 5.97 Å². The quantitative estimate of drug-likeness (QED) is 0.800. The molecule has 3 unspecified atom stereocenters. The summed E-state index contributed by atoms with van der Waals surface area (Å²) < 4.78 is 5.47. The number of likely N-dealkylation sites (tertiary alicyclic amines) is 1. The summed E-state index contributed by atoms with van der Waals surface area (Å²) in [4.78, 5) is 14.1. The highest BCUT2D eigenvalue weighted by molar-refractivity contribution is 5.79. The van der Waals surface area contributed by atoms with Gasteiger partial charge in [-0.05, 0) is 52.5 Å². The Morgan fingerprint density at radius 3 is 2.80 bits per heavy atom. The van der Waals surface area contributed by atoms with E-state index in [1.54, 1.807) is 7.11 Å². The van der Waals surface area contributed by atoms with Gasteiger partial charge in [0.25, 0.3) is 0 Å². The van der Waals surface area contributed by atoms with Gasteiger partial charge in [-0.3, -0.25) is 15.0 Å². The van der Waals surface area contributed by atoms with E-state index in [-0.39, 0.29) is 6.04 Å². The average Bonchev–Trinajstić information content (AvgIpc) is 2.83. The first kappa shape index (κ1) is 15.7. The third-order valence-corrected chi connectivity index (χ3v) is 4.72. The van der Waals surface area contributed by atoms with Gasteiger partial charge >= 0.3 is 5.97 Å². The van der Waals surface area contributed by atoms with Crippen molar-refractivity contribution in [2.75, 3.05) is 20.2 Å².